The van der Waals surface area contributed by atoms with E-state index in [4.69, 9.17) is 9.47 Å². The molecule has 0 aromatic rings. The second-order valence-corrected chi connectivity index (χ2v) is 4.93. The van der Waals surface area contributed by atoms with Crippen LogP contribution in [0, 0.1) is 0 Å². The first-order valence-electron chi connectivity index (χ1n) is 6.20. The van der Waals surface area contributed by atoms with E-state index in [1.54, 1.807) is 0 Å². The molecule has 0 aliphatic carbocycles. The molecule has 88 valence electrons. The van der Waals surface area contributed by atoms with Gasteiger partial charge >= 0.3 is 0 Å². The van der Waals surface area contributed by atoms with Crippen molar-refractivity contribution in [3.63, 3.8) is 0 Å². The van der Waals surface area contributed by atoms with E-state index in [1.807, 2.05) is 0 Å². The van der Waals surface area contributed by atoms with E-state index in [2.05, 4.69) is 25.7 Å². The van der Waals surface area contributed by atoms with Crippen molar-refractivity contribution in [3.05, 3.63) is 0 Å². The highest BCUT2D eigenvalue weighted by Gasteiger charge is 2.48. The van der Waals surface area contributed by atoms with Crippen LogP contribution in [-0.2, 0) is 9.47 Å². The Labute approximate surface area is 92.7 Å². The van der Waals surface area contributed by atoms with Gasteiger partial charge in [-0.2, -0.15) is 0 Å². The summed E-state index contributed by atoms with van der Waals surface area (Å²) in [7, 11) is 0. The largest absolute Gasteiger partial charge is 0.381 e. The van der Waals surface area contributed by atoms with E-state index >= 15 is 0 Å². The molecular weight excluding hydrogens is 190 g/mol. The van der Waals surface area contributed by atoms with Crippen molar-refractivity contribution in [2.45, 2.75) is 57.8 Å². The van der Waals surface area contributed by atoms with Crippen LogP contribution < -0.4 is 0 Å². The molecule has 15 heavy (non-hydrogen) atoms. The molecule has 1 atom stereocenters. The summed E-state index contributed by atoms with van der Waals surface area (Å²) in [6.07, 6.45) is 3.24. The summed E-state index contributed by atoms with van der Waals surface area (Å²) in [4.78, 5) is 2.58. The summed E-state index contributed by atoms with van der Waals surface area (Å²) < 4.78 is 11.6. The Morgan fingerprint density at radius 1 is 1.33 bits per heavy atom. The van der Waals surface area contributed by atoms with Crippen LogP contribution >= 0.6 is 0 Å². The third kappa shape index (κ3) is 1.93. The third-order valence-corrected chi connectivity index (χ3v) is 3.71. The maximum atomic E-state index is 6.10. The Morgan fingerprint density at radius 2 is 2.00 bits per heavy atom. The van der Waals surface area contributed by atoms with Gasteiger partial charge in [0.1, 0.15) is 5.72 Å². The highest BCUT2D eigenvalue weighted by molar-refractivity contribution is 4.95. The Hall–Kier alpha value is -0.120. The van der Waals surface area contributed by atoms with Gasteiger partial charge in [-0.25, -0.2) is 0 Å². The lowest BCUT2D eigenvalue weighted by atomic mass is 9.99. The molecule has 0 radical (unpaired) electrons. The Balaban J connectivity index is 2.16. The van der Waals surface area contributed by atoms with Crippen LogP contribution in [0.3, 0.4) is 0 Å². The molecule has 2 aliphatic rings. The molecule has 2 rings (SSSR count). The number of ether oxygens (including phenoxy) is 2. The van der Waals surface area contributed by atoms with Crippen LogP contribution in [0.15, 0.2) is 0 Å². The van der Waals surface area contributed by atoms with Gasteiger partial charge in [0.15, 0.2) is 0 Å². The second-order valence-electron chi connectivity index (χ2n) is 4.93. The first-order valence-corrected chi connectivity index (χ1v) is 6.20. The molecule has 3 nitrogen and oxygen atoms in total. The van der Waals surface area contributed by atoms with E-state index in [1.165, 1.54) is 6.42 Å². The molecule has 0 saturated carbocycles. The van der Waals surface area contributed by atoms with Crippen molar-refractivity contribution in [3.8, 4) is 0 Å². The summed E-state index contributed by atoms with van der Waals surface area (Å²) in [6, 6.07) is 1.17. The SMILES string of the molecule is CC[C@@H]1COC2(CCOCC2)N1C(C)C. The average Bonchev–Trinajstić information content (AvgIpc) is 2.58. The normalized spacial score (nSPS) is 31.6. The van der Waals surface area contributed by atoms with Gasteiger partial charge in [-0.15, -0.1) is 0 Å². The monoisotopic (exact) mass is 213 g/mol. The predicted molar refractivity (Wildman–Crippen MR) is 59.8 cm³/mol. The number of hydrogen-bond donors (Lipinski definition) is 0. The van der Waals surface area contributed by atoms with Gasteiger partial charge in [0.2, 0.25) is 0 Å². The zero-order chi connectivity index (χ0) is 10.9. The zero-order valence-electron chi connectivity index (χ0n) is 10.2. The molecule has 0 unspecified atom stereocenters. The summed E-state index contributed by atoms with van der Waals surface area (Å²) in [6.45, 7) is 9.39. The first-order chi connectivity index (χ1) is 7.19. The Kier molecular flexibility index (Phi) is 3.33. The quantitative estimate of drug-likeness (QED) is 0.700. The molecular formula is C12H23NO2. The van der Waals surface area contributed by atoms with Gasteiger partial charge < -0.3 is 9.47 Å². The zero-order valence-corrected chi connectivity index (χ0v) is 10.2. The second kappa shape index (κ2) is 4.40. The third-order valence-electron chi connectivity index (χ3n) is 3.71. The van der Waals surface area contributed by atoms with Gasteiger partial charge in [-0.1, -0.05) is 6.92 Å². The van der Waals surface area contributed by atoms with Crippen LogP contribution in [-0.4, -0.2) is 42.5 Å². The van der Waals surface area contributed by atoms with Crippen LogP contribution in [0.4, 0.5) is 0 Å². The highest BCUT2D eigenvalue weighted by atomic mass is 16.5. The lowest BCUT2D eigenvalue weighted by Crippen LogP contribution is -2.54. The van der Waals surface area contributed by atoms with Crippen LogP contribution in [0.1, 0.15) is 40.0 Å². The molecule has 0 bridgehead atoms. The topological polar surface area (TPSA) is 21.7 Å². The van der Waals surface area contributed by atoms with E-state index in [0.29, 0.717) is 12.1 Å². The maximum Gasteiger partial charge on any atom is 0.126 e. The van der Waals surface area contributed by atoms with Crippen LogP contribution in [0.2, 0.25) is 0 Å². The molecule has 0 amide bonds. The molecule has 2 aliphatic heterocycles. The molecule has 2 heterocycles. The summed E-state index contributed by atoms with van der Waals surface area (Å²) in [5.41, 5.74) is -0.00685. The molecule has 3 heteroatoms. The molecule has 2 saturated heterocycles. The van der Waals surface area contributed by atoms with Crippen LogP contribution in [0.5, 0.6) is 0 Å². The minimum Gasteiger partial charge on any atom is -0.381 e. The smallest absolute Gasteiger partial charge is 0.126 e. The summed E-state index contributed by atoms with van der Waals surface area (Å²) >= 11 is 0. The fourth-order valence-corrected chi connectivity index (χ4v) is 3.04. The minimum absolute atomic E-state index is 0.00685. The van der Waals surface area contributed by atoms with Gasteiger partial charge in [0.25, 0.3) is 0 Å². The minimum atomic E-state index is -0.00685. The van der Waals surface area contributed by atoms with E-state index in [9.17, 15) is 0 Å². The maximum absolute atomic E-state index is 6.10. The van der Waals surface area contributed by atoms with Gasteiger partial charge in [-0.05, 0) is 20.3 Å². The highest BCUT2D eigenvalue weighted by Crippen LogP contribution is 2.38. The number of hydrogen-bond acceptors (Lipinski definition) is 3. The number of nitrogens with zero attached hydrogens (tertiary/aromatic N) is 1. The molecule has 0 aromatic carbocycles. The molecule has 1 spiro atoms. The lowest BCUT2D eigenvalue weighted by Gasteiger charge is -2.44. The summed E-state index contributed by atoms with van der Waals surface area (Å²) in [5, 5.41) is 0. The van der Waals surface area contributed by atoms with Crippen LogP contribution in [0.25, 0.3) is 0 Å². The van der Waals surface area contributed by atoms with E-state index < -0.39 is 0 Å². The van der Waals surface area contributed by atoms with Crippen molar-refractivity contribution >= 4 is 0 Å². The van der Waals surface area contributed by atoms with Crippen molar-refractivity contribution < 1.29 is 9.47 Å². The Morgan fingerprint density at radius 3 is 2.53 bits per heavy atom. The molecule has 2 fully saturated rings. The molecule has 0 N–H and O–H groups in total. The van der Waals surface area contributed by atoms with Crippen molar-refractivity contribution in [2.24, 2.45) is 0 Å². The van der Waals surface area contributed by atoms with Gasteiger partial charge in [0, 0.05) is 24.9 Å². The predicted octanol–water partition coefficient (Wildman–Crippen LogP) is 2.01. The van der Waals surface area contributed by atoms with E-state index in [0.717, 1.165) is 32.7 Å². The van der Waals surface area contributed by atoms with Crippen molar-refractivity contribution in [1.29, 1.82) is 0 Å². The average molecular weight is 213 g/mol. The lowest BCUT2D eigenvalue weighted by molar-refractivity contribution is -0.154. The first kappa shape index (κ1) is 11.4. The van der Waals surface area contributed by atoms with Crippen molar-refractivity contribution in [1.82, 2.24) is 4.90 Å². The fraction of sp³-hybridized carbons (Fsp3) is 1.00. The standard InChI is InChI=1S/C12H23NO2/c1-4-11-9-15-12(13(11)10(2)3)5-7-14-8-6-12/h10-11H,4-9H2,1-3H3/t11-/m1/s1. The van der Waals surface area contributed by atoms with Gasteiger partial charge in [0.05, 0.1) is 19.8 Å². The fourth-order valence-electron chi connectivity index (χ4n) is 3.04. The Bertz CT molecular complexity index is 212. The van der Waals surface area contributed by atoms with E-state index in [-0.39, 0.29) is 5.72 Å². The van der Waals surface area contributed by atoms with Crippen molar-refractivity contribution in [2.75, 3.05) is 19.8 Å². The van der Waals surface area contributed by atoms with Gasteiger partial charge in [-0.3, -0.25) is 4.90 Å². The molecule has 0 aromatic heterocycles. The number of rotatable bonds is 2. The summed E-state index contributed by atoms with van der Waals surface area (Å²) in [5.74, 6) is 0.